The van der Waals surface area contributed by atoms with Gasteiger partial charge in [-0.2, -0.15) is 0 Å². The first-order valence-electron chi connectivity index (χ1n) is 6.47. The predicted molar refractivity (Wildman–Crippen MR) is 83.1 cm³/mol. The molecular weight excluding hydrogens is 337 g/mol. The van der Waals surface area contributed by atoms with Gasteiger partial charge in [-0.05, 0) is 46.1 Å². The molecule has 110 valence electrons. The molecule has 0 atom stereocenters. The Morgan fingerprint density at radius 3 is 2.76 bits per heavy atom. The Labute approximate surface area is 131 Å². The summed E-state index contributed by atoms with van der Waals surface area (Å²) in [6.07, 6.45) is 0.642. The number of halogens is 2. The van der Waals surface area contributed by atoms with E-state index >= 15 is 0 Å². The lowest BCUT2D eigenvalue weighted by Crippen LogP contribution is -2.26. The van der Waals surface area contributed by atoms with Gasteiger partial charge in [0, 0.05) is 6.54 Å². The minimum atomic E-state index is -0.452. The van der Waals surface area contributed by atoms with E-state index in [1.807, 2.05) is 24.3 Å². The topological polar surface area (TPSA) is 38.3 Å². The lowest BCUT2D eigenvalue weighted by atomic mass is 10.1. The Morgan fingerprint density at radius 2 is 2.00 bits per heavy atom. The molecule has 5 heteroatoms. The van der Waals surface area contributed by atoms with Crippen molar-refractivity contribution >= 4 is 21.8 Å². The third-order valence-corrected chi connectivity index (χ3v) is 3.87. The summed E-state index contributed by atoms with van der Waals surface area (Å²) in [7, 11) is 1.61. The molecule has 21 heavy (non-hydrogen) atoms. The highest BCUT2D eigenvalue weighted by atomic mass is 79.9. The van der Waals surface area contributed by atoms with Crippen LogP contribution in [0.15, 0.2) is 46.9 Å². The number of carbonyl (C=O) groups excluding carboxylic acids is 1. The fourth-order valence-corrected chi connectivity index (χ4v) is 2.44. The van der Waals surface area contributed by atoms with Crippen LogP contribution in [0.2, 0.25) is 0 Å². The molecule has 0 fully saturated rings. The molecule has 2 aromatic carbocycles. The largest absolute Gasteiger partial charge is 0.496 e. The quantitative estimate of drug-likeness (QED) is 0.894. The van der Waals surface area contributed by atoms with Crippen LogP contribution >= 0.6 is 15.9 Å². The van der Waals surface area contributed by atoms with Gasteiger partial charge in [0.2, 0.25) is 0 Å². The highest BCUT2D eigenvalue weighted by Crippen LogP contribution is 2.20. The van der Waals surface area contributed by atoms with Crippen molar-refractivity contribution in [3.63, 3.8) is 0 Å². The first-order chi connectivity index (χ1) is 10.1. The Bertz CT molecular complexity index is 646. The Kier molecular flexibility index (Phi) is 5.33. The van der Waals surface area contributed by atoms with Gasteiger partial charge in [0.15, 0.2) is 0 Å². The molecule has 0 bridgehead atoms. The molecule has 0 aliphatic heterocycles. The second kappa shape index (κ2) is 7.22. The zero-order valence-corrected chi connectivity index (χ0v) is 13.1. The van der Waals surface area contributed by atoms with E-state index in [1.54, 1.807) is 13.2 Å². The smallest absolute Gasteiger partial charge is 0.252 e. The summed E-state index contributed by atoms with van der Waals surface area (Å²) in [5.41, 5.74) is 1.30. The molecule has 0 heterocycles. The molecule has 3 nitrogen and oxygen atoms in total. The van der Waals surface area contributed by atoms with Crippen molar-refractivity contribution in [1.82, 2.24) is 5.32 Å². The number of hydrogen-bond donors (Lipinski definition) is 1. The molecule has 0 saturated carbocycles. The van der Waals surface area contributed by atoms with Crippen LogP contribution in [0.3, 0.4) is 0 Å². The lowest BCUT2D eigenvalue weighted by molar-refractivity contribution is 0.0952. The van der Waals surface area contributed by atoms with Crippen molar-refractivity contribution < 1.29 is 13.9 Å². The maximum Gasteiger partial charge on any atom is 0.252 e. The van der Waals surface area contributed by atoms with E-state index in [9.17, 15) is 9.18 Å². The normalized spacial score (nSPS) is 10.2. The minimum absolute atomic E-state index is 0.180. The monoisotopic (exact) mass is 351 g/mol. The lowest BCUT2D eigenvalue weighted by Gasteiger charge is -2.10. The zero-order chi connectivity index (χ0) is 15.2. The molecule has 2 rings (SSSR count). The van der Waals surface area contributed by atoms with Crippen molar-refractivity contribution in [1.29, 1.82) is 0 Å². The minimum Gasteiger partial charge on any atom is -0.496 e. The molecule has 1 amide bonds. The number of rotatable bonds is 5. The molecule has 0 saturated heterocycles. The molecule has 0 aliphatic carbocycles. The maximum absolute atomic E-state index is 13.4. The van der Waals surface area contributed by atoms with Gasteiger partial charge >= 0.3 is 0 Å². The number of carbonyl (C=O) groups is 1. The summed E-state index contributed by atoms with van der Waals surface area (Å²) in [4.78, 5) is 12.0. The summed E-state index contributed by atoms with van der Waals surface area (Å²) in [6.45, 7) is 0.447. The maximum atomic E-state index is 13.4. The molecule has 0 unspecified atom stereocenters. The van der Waals surface area contributed by atoms with Gasteiger partial charge in [0.25, 0.3) is 5.91 Å². The van der Waals surface area contributed by atoms with Crippen LogP contribution in [0.1, 0.15) is 15.9 Å². The number of para-hydroxylation sites is 1. The molecule has 0 aliphatic rings. The summed E-state index contributed by atoms with van der Waals surface area (Å²) in [5, 5.41) is 2.78. The van der Waals surface area contributed by atoms with Crippen molar-refractivity contribution in [2.45, 2.75) is 6.42 Å². The number of hydrogen-bond acceptors (Lipinski definition) is 2. The Morgan fingerprint density at radius 1 is 1.24 bits per heavy atom. The molecule has 2 aromatic rings. The molecular formula is C16H15BrFNO2. The van der Waals surface area contributed by atoms with Crippen LogP contribution < -0.4 is 10.1 Å². The van der Waals surface area contributed by atoms with Gasteiger partial charge in [-0.3, -0.25) is 4.79 Å². The van der Waals surface area contributed by atoms with E-state index < -0.39 is 5.82 Å². The molecule has 1 N–H and O–H groups in total. The van der Waals surface area contributed by atoms with Gasteiger partial charge in [-0.15, -0.1) is 0 Å². The SMILES string of the molecule is COc1ccccc1CCNC(=O)c1cccc(F)c1Br. The predicted octanol–water partition coefficient (Wildman–Crippen LogP) is 3.57. The number of methoxy groups -OCH3 is 1. The highest BCUT2D eigenvalue weighted by Gasteiger charge is 2.12. The standard InChI is InChI=1S/C16H15BrFNO2/c1-21-14-8-3-2-5-11(14)9-10-19-16(20)12-6-4-7-13(18)15(12)17/h2-8H,9-10H2,1H3,(H,19,20). The van der Waals surface area contributed by atoms with E-state index in [-0.39, 0.29) is 15.9 Å². The Balaban J connectivity index is 1.97. The van der Waals surface area contributed by atoms with Crippen molar-refractivity contribution in [2.75, 3.05) is 13.7 Å². The summed E-state index contributed by atoms with van der Waals surface area (Å²) in [6, 6.07) is 12.0. The van der Waals surface area contributed by atoms with E-state index in [2.05, 4.69) is 21.2 Å². The average Bonchev–Trinajstić information content (AvgIpc) is 2.50. The van der Waals surface area contributed by atoms with Gasteiger partial charge in [0.1, 0.15) is 11.6 Å². The van der Waals surface area contributed by atoms with E-state index in [1.165, 1.54) is 12.1 Å². The Hall–Kier alpha value is -1.88. The van der Waals surface area contributed by atoms with E-state index in [4.69, 9.17) is 4.74 Å². The van der Waals surface area contributed by atoms with E-state index in [0.717, 1.165) is 11.3 Å². The second-order valence-electron chi connectivity index (χ2n) is 4.42. The van der Waals surface area contributed by atoms with Crippen LogP contribution in [0, 0.1) is 5.82 Å². The number of nitrogens with one attached hydrogen (secondary N) is 1. The first-order valence-corrected chi connectivity index (χ1v) is 7.27. The highest BCUT2D eigenvalue weighted by molar-refractivity contribution is 9.10. The van der Waals surface area contributed by atoms with Crippen molar-refractivity contribution in [2.24, 2.45) is 0 Å². The van der Waals surface area contributed by atoms with Crippen LogP contribution in [-0.2, 0) is 6.42 Å². The first kappa shape index (κ1) is 15.5. The van der Waals surface area contributed by atoms with Gasteiger partial charge in [0.05, 0.1) is 17.1 Å². The number of ether oxygens (including phenoxy) is 1. The van der Waals surface area contributed by atoms with Gasteiger partial charge in [-0.1, -0.05) is 24.3 Å². The van der Waals surface area contributed by atoms with Gasteiger partial charge in [-0.25, -0.2) is 4.39 Å². The van der Waals surface area contributed by atoms with Crippen molar-refractivity contribution in [3.8, 4) is 5.75 Å². The molecule has 0 radical (unpaired) electrons. The van der Waals surface area contributed by atoms with Crippen LogP contribution in [0.25, 0.3) is 0 Å². The fraction of sp³-hybridized carbons (Fsp3) is 0.188. The molecule has 0 spiro atoms. The third kappa shape index (κ3) is 3.82. The van der Waals surface area contributed by atoms with Crippen LogP contribution in [0.4, 0.5) is 4.39 Å². The van der Waals surface area contributed by atoms with Crippen LogP contribution in [-0.4, -0.2) is 19.6 Å². The number of benzene rings is 2. The second-order valence-corrected chi connectivity index (χ2v) is 5.21. The van der Waals surface area contributed by atoms with Crippen molar-refractivity contribution in [3.05, 3.63) is 63.9 Å². The van der Waals surface area contributed by atoms with Crippen LogP contribution in [0.5, 0.6) is 5.75 Å². The molecule has 0 aromatic heterocycles. The average molecular weight is 352 g/mol. The fourth-order valence-electron chi connectivity index (χ4n) is 1.99. The summed E-state index contributed by atoms with van der Waals surface area (Å²) < 4.78 is 18.8. The zero-order valence-electron chi connectivity index (χ0n) is 11.5. The number of amides is 1. The van der Waals surface area contributed by atoms with Gasteiger partial charge < -0.3 is 10.1 Å². The third-order valence-electron chi connectivity index (χ3n) is 3.07. The summed E-state index contributed by atoms with van der Waals surface area (Å²) in [5.74, 6) is 0.0299. The summed E-state index contributed by atoms with van der Waals surface area (Å²) >= 11 is 3.08. The van der Waals surface area contributed by atoms with E-state index in [0.29, 0.717) is 13.0 Å².